The Labute approximate surface area is 155 Å². The Morgan fingerprint density at radius 3 is 2.60 bits per heavy atom. The topological polar surface area (TPSA) is 71.3 Å². The Morgan fingerprint density at radius 2 is 1.96 bits per heavy atom. The van der Waals surface area contributed by atoms with Gasteiger partial charge in [0.2, 0.25) is 16.0 Å². The number of fused-ring (bicyclic) bond motifs is 1. The second-order valence-corrected chi connectivity index (χ2v) is 8.09. The van der Waals surface area contributed by atoms with Gasteiger partial charge in [-0.05, 0) is 12.1 Å². The molecule has 0 radical (unpaired) electrons. The number of amides is 1. The molecule has 1 amide bonds. The van der Waals surface area contributed by atoms with E-state index >= 15 is 0 Å². The van der Waals surface area contributed by atoms with Crippen molar-refractivity contribution in [3.8, 4) is 11.3 Å². The molecule has 0 saturated carbocycles. The Hall–Kier alpha value is -2.12. The quantitative estimate of drug-likeness (QED) is 0.665. The van der Waals surface area contributed by atoms with Crippen LogP contribution in [0.25, 0.3) is 16.2 Å². The van der Waals surface area contributed by atoms with Crippen LogP contribution in [0.4, 0.5) is 5.13 Å². The fraction of sp³-hybridized carbons (Fsp3) is 0.353. The number of benzene rings is 1. The van der Waals surface area contributed by atoms with Crippen LogP contribution in [0, 0.1) is 5.41 Å². The van der Waals surface area contributed by atoms with Crippen molar-refractivity contribution >= 4 is 38.9 Å². The first-order chi connectivity index (χ1) is 11.8. The van der Waals surface area contributed by atoms with Gasteiger partial charge in [0.05, 0.1) is 11.9 Å². The third-order valence-electron chi connectivity index (χ3n) is 3.55. The number of hydrogen-bond donors (Lipinski definition) is 2. The monoisotopic (exact) mass is 377 g/mol. The highest BCUT2D eigenvalue weighted by molar-refractivity contribution is 7.20. The van der Waals surface area contributed by atoms with E-state index in [1.165, 1.54) is 11.3 Å². The predicted octanol–water partition coefficient (Wildman–Crippen LogP) is 3.69. The Balaban J connectivity index is 1.58. The third kappa shape index (κ3) is 4.29. The molecular formula is C17H20ClN5OS. The highest BCUT2D eigenvalue weighted by Crippen LogP contribution is 2.25. The van der Waals surface area contributed by atoms with E-state index in [1.807, 2.05) is 51.2 Å². The molecule has 0 fully saturated rings. The number of nitrogens with zero attached hydrogens (tertiary/aromatic N) is 3. The summed E-state index contributed by atoms with van der Waals surface area (Å²) in [6.07, 6.45) is 1.89. The maximum absolute atomic E-state index is 11.8. The molecule has 2 aromatic heterocycles. The van der Waals surface area contributed by atoms with Crippen molar-refractivity contribution in [1.29, 1.82) is 0 Å². The standard InChI is InChI=1S/C17H20ClN5OS/c1-17(2,3)14(24)19-8-9-20-15-22-23-10-13(21-16(23)25-15)11-4-6-12(18)7-5-11/h4-7,10H,8-9H2,1-3H3,(H,19,24)(H,20,22). The number of halogens is 1. The molecule has 3 aromatic rings. The van der Waals surface area contributed by atoms with Crippen molar-refractivity contribution in [3.63, 3.8) is 0 Å². The Bertz CT molecular complexity index is 847. The summed E-state index contributed by atoms with van der Waals surface area (Å²) in [6, 6.07) is 7.56. The molecule has 2 N–H and O–H groups in total. The van der Waals surface area contributed by atoms with Crippen molar-refractivity contribution in [1.82, 2.24) is 19.9 Å². The lowest BCUT2D eigenvalue weighted by molar-refractivity contribution is -0.128. The molecule has 8 heteroatoms. The molecule has 6 nitrogen and oxygen atoms in total. The van der Waals surface area contributed by atoms with Crippen molar-refractivity contribution in [2.45, 2.75) is 20.8 Å². The second kappa shape index (κ2) is 7.01. The second-order valence-electron chi connectivity index (χ2n) is 6.70. The molecule has 0 atom stereocenters. The van der Waals surface area contributed by atoms with E-state index in [-0.39, 0.29) is 11.3 Å². The number of hydrogen-bond acceptors (Lipinski definition) is 5. The summed E-state index contributed by atoms with van der Waals surface area (Å²) < 4.78 is 1.75. The number of anilines is 1. The molecular weight excluding hydrogens is 358 g/mol. The maximum atomic E-state index is 11.8. The number of nitrogens with one attached hydrogen (secondary N) is 2. The normalized spacial score (nSPS) is 11.7. The molecule has 0 unspecified atom stereocenters. The predicted molar refractivity (Wildman–Crippen MR) is 102 cm³/mol. The molecule has 2 heterocycles. The SMILES string of the molecule is CC(C)(C)C(=O)NCCNc1nn2cc(-c3ccc(Cl)cc3)nc2s1. The fourth-order valence-corrected chi connectivity index (χ4v) is 3.07. The summed E-state index contributed by atoms with van der Waals surface area (Å²) in [5.74, 6) is 0.0378. The van der Waals surface area contributed by atoms with E-state index < -0.39 is 0 Å². The van der Waals surface area contributed by atoms with Gasteiger partial charge in [-0.25, -0.2) is 9.50 Å². The summed E-state index contributed by atoms with van der Waals surface area (Å²) in [6.45, 7) is 6.84. The molecule has 0 aliphatic carbocycles. The zero-order valence-corrected chi connectivity index (χ0v) is 15.9. The molecule has 132 valence electrons. The van der Waals surface area contributed by atoms with Crippen LogP contribution >= 0.6 is 22.9 Å². The number of rotatable bonds is 5. The minimum absolute atomic E-state index is 0.0378. The lowest BCUT2D eigenvalue weighted by Crippen LogP contribution is -2.37. The van der Waals surface area contributed by atoms with Gasteiger partial charge >= 0.3 is 0 Å². The van der Waals surface area contributed by atoms with E-state index in [1.54, 1.807) is 4.52 Å². The van der Waals surface area contributed by atoms with E-state index in [9.17, 15) is 4.79 Å². The van der Waals surface area contributed by atoms with Gasteiger partial charge in [0.15, 0.2) is 0 Å². The number of carbonyl (C=O) groups excluding carboxylic acids is 1. The van der Waals surface area contributed by atoms with Gasteiger partial charge in [0.1, 0.15) is 0 Å². The Kier molecular flexibility index (Phi) is 4.96. The van der Waals surface area contributed by atoms with Gasteiger partial charge in [0.25, 0.3) is 0 Å². The van der Waals surface area contributed by atoms with Gasteiger partial charge in [-0.3, -0.25) is 4.79 Å². The molecule has 3 rings (SSSR count). The summed E-state index contributed by atoms with van der Waals surface area (Å²) in [5.41, 5.74) is 1.49. The van der Waals surface area contributed by atoms with Crippen LogP contribution in [0.5, 0.6) is 0 Å². The average molecular weight is 378 g/mol. The molecule has 0 spiro atoms. The Morgan fingerprint density at radius 1 is 1.24 bits per heavy atom. The smallest absolute Gasteiger partial charge is 0.225 e. The summed E-state index contributed by atoms with van der Waals surface area (Å²) in [5, 5.41) is 12.0. The number of aromatic nitrogens is 3. The van der Waals surface area contributed by atoms with E-state index in [4.69, 9.17) is 11.6 Å². The number of imidazole rings is 1. The van der Waals surface area contributed by atoms with Crippen LogP contribution in [0.15, 0.2) is 30.5 Å². The minimum atomic E-state index is -0.375. The van der Waals surface area contributed by atoms with E-state index in [0.717, 1.165) is 21.3 Å². The summed E-state index contributed by atoms with van der Waals surface area (Å²) in [7, 11) is 0. The van der Waals surface area contributed by atoms with Crippen molar-refractivity contribution in [2.24, 2.45) is 5.41 Å². The van der Waals surface area contributed by atoms with E-state index in [2.05, 4.69) is 20.7 Å². The lowest BCUT2D eigenvalue weighted by Gasteiger charge is -2.17. The molecule has 0 aliphatic heterocycles. The van der Waals surface area contributed by atoms with Gasteiger partial charge < -0.3 is 10.6 Å². The number of carbonyl (C=O) groups is 1. The van der Waals surface area contributed by atoms with Gasteiger partial charge in [-0.1, -0.05) is 55.8 Å². The van der Waals surface area contributed by atoms with Gasteiger partial charge in [-0.15, -0.1) is 5.10 Å². The largest absolute Gasteiger partial charge is 0.358 e. The van der Waals surface area contributed by atoms with Crippen molar-refractivity contribution in [2.75, 3.05) is 18.4 Å². The van der Waals surface area contributed by atoms with E-state index in [0.29, 0.717) is 18.1 Å². The van der Waals surface area contributed by atoms with Crippen LogP contribution in [-0.4, -0.2) is 33.6 Å². The fourth-order valence-electron chi connectivity index (χ4n) is 2.14. The van der Waals surface area contributed by atoms with Crippen molar-refractivity contribution in [3.05, 3.63) is 35.5 Å². The van der Waals surface area contributed by atoms with Crippen molar-refractivity contribution < 1.29 is 4.79 Å². The van der Waals surface area contributed by atoms with Crippen LogP contribution in [0.1, 0.15) is 20.8 Å². The van der Waals surface area contributed by atoms with Gasteiger partial charge in [-0.2, -0.15) is 0 Å². The highest BCUT2D eigenvalue weighted by atomic mass is 35.5. The molecule has 0 aliphatic rings. The summed E-state index contributed by atoms with van der Waals surface area (Å²) >= 11 is 7.38. The van der Waals surface area contributed by atoms with Gasteiger partial charge in [0, 0.05) is 29.1 Å². The molecule has 25 heavy (non-hydrogen) atoms. The minimum Gasteiger partial charge on any atom is -0.358 e. The summed E-state index contributed by atoms with van der Waals surface area (Å²) in [4.78, 5) is 17.2. The zero-order valence-electron chi connectivity index (χ0n) is 14.3. The molecule has 0 bridgehead atoms. The third-order valence-corrected chi connectivity index (χ3v) is 4.68. The highest BCUT2D eigenvalue weighted by Gasteiger charge is 2.20. The molecule has 0 saturated heterocycles. The first-order valence-corrected chi connectivity index (χ1v) is 9.17. The molecule has 1 aromatic carbocycles. The van der Waals surface area contributed by atoms with Crippen LogP contribution in [0.2, 0.25) is 5.02 Å². The van der Waals surface area contributed by atoms with Crippen LogP contribution < -0.4 is 10.6 Å². The zero-order chi connectivity index (χ0) is 18.0. The lowest BCUT2D eigenvalue weighted by atomic mass is 9.96. The first-order valence-electron chi connectivity index (χ1n) is 7.97. The maximum Gasteiger partial charge on any atom is 0.225 e. The average Bonchev–Trinajstić information content (AvgIpc) is 3.09. The van der Waals surface area contributed by atoms with Crippen LogP contribution in [0.3, 0.4) is 0 Å². The first kappa shape index (κ1) is 17.7. The van der Waals surface area contributed by atoms with Crippen LogP contribution in [-0.2, 0) is 4.79 Å².